The number of rotatable bonds is 7. The largest absolute Gasteiger partial charge is 0.389 e. The van der Waals surface area contributed by atoms with Crippen LogP contribution in [-0.4, -0.2) is 36.9 Å². The van der Waals surface area contributed by atoms with E-state index >= 15 is 0 Å². The first-order valence-electron chi connectivity index (χ1n) is 7.02. The lowest BCUT2D eigenvalue weighted by molar-refractivity contribution is 0.0259. The minimum Gasteiger partial charge on any atom is -0.389 e. The SMILES string of the molecule is Cc1cccc(C(=O)NCC(O)COCC(C)C)c1C. The number of aliphatic hydroxyl groups excluding tert-OH is 1. The van der Waals surface area contributed by atoms with Crippen LogP contribution in [0.2, 0.25) is 0 Å². The van der Waals surface area contributed by atoms with Gasteiger partial charge in [-0.15, -0.1) is 0 Å². The molecule has 4 nitrogen and oxygen atoms in total. The summed E-state index contributed by atoms with van der Waals surface area (Å²) < 4.78 is 5.34. The van der Waals surface area contributed by atoms with Crippen molar-refractivity contribution in [2.45, 2.75) is 33.8 Å². The lowest BCUT2D eigenvalue weighted by Gasteiger charge is -2.14. The normalized spacial score (nSPS) is 12.5. The molecule has 0 aliphatic rings. The van der Waals surface area contributed by atoms with E-state index in [1.54, 1.807) is 6.07 Å². The first-order chi connectivity index (χ1) is 9.41. The topological polar surface area (TPSA) is 58.6 Å². The highest BCUT2D eigenvalue weighted by atomic mass is 16.5. The number of carbonyl (C=O) groups excluding carboxylic acids is 1. The number of amides is 1. The first-order valence-corrected chi connectivity index (χ1v) is 7.02. The van der Waals surface area contributed by atoms with Gasteiger partial charge in [0.05, 0.1) is 12.7 Å². The average Bonchev–Trinajstić information content (AvgIpc) is 2.38. The fraction of sp³-hybridized carbons (Fsp3) is 0.562. The number of aryl methyl sites for hydroxylation is 1. The zero-order valence-corrected chi connectivity index (χ0v) is 12.8. The Kier molecular flexibility index (Phi) is 6.68. The first kappa shape index (κ1) is 16.7. The second kappa shape index (κ2) is 8.02. The van der Waals surface area contributed by atoms with Crippen LogP contribution in [0.15, 0.2) is 18.2 Å². The number of ether oxygens (including phenoxy) is 1. The van der Waals surface area contributed by atoms with Crippen LogP contribution in [0.5, 0.6) is 0 Å². The number of nitrogens with one attached hydrogen (secondary N) is 1. The van der Waals surface area contributed by atoms with Crippen molar-refractivity contribution in [2.75, 3.05) is 19.8 Å². The van der Waals surface area contributed by atoms with Gasteiger partial charge in [0.1, 0.15) is 0 Å². The van der Waals surface area contributed by atoms with Gasteiger partial charge in [0, 0.05) is 18.7 Å². The Labute approximate surface area is 121 Å². The maximum atomic E-state index is 12.0. The Morgan fingerprint density at radius 3 is 2.65 bits per heavy atom. The summed E-state index contributed by atoms with van der Waals surface area (Å²) in [6.07, 6.45) is -0.678. The van der Waals surface area contributed by atoms with Crippen LogP contribution in [0.4, 0.5) is 0 Å². The highest BCUT2D eigenvalue weighted by Gasteiger charge is 2.12. The summed E-state index contributed by atoms with van der Waals surface area (Å²) in [6.45, 7) is 9.05. The lowest BCUT2D eigenvalue weighted by Crippen LogP contribution is -2.35. The molecule has 0 radical (unpaired) electrons. The quantitative estimate of drug-likeness (QED) is 0.803. The van der Waals surface area contributed by atoms with Crippen LogP contribution in [0.25, 0.3) is 0 Å². The monoisotopic (exact) mass is 279 g/mol. The molecule has 4 heteroatoms. The Hall–Kier alpha value is -1.39. The molecule has 1 atom stereocenters. The van der Waals surface area contributed by atoms with Gasteiger partial charge in [-0.2, -0.15) is 0 Å². The van der Waals surface area contributed by atoms with Gasteiger partial charge in [-0.05, 0) is 37.0 Å². The van der Waals surface area contributed by atoms with Crippen molar-refractivity contribution in [1.29, 1.82) is 0 Å². The van der Waals surface area contributed by atoms with Gasteiger partial charge in [-0.1, -0.05) is 26.0 Å². The van der Waals surface area contributed by atoms with Crippen LogP contribution in [0.1, 0.15) is 35.3 Å². The van der Waals surface area contributed by atoms with Crippen molar-refractivity contribution in [3.63, 3.8) is 0 Å². The maximum Gasteiger partial charge on any atom is 0.251 e. The molecule has 1 aromatic rings. The Bertz CT molecular complexity index is 443. The van der Waals surface area contributed by atoms with E-state index in [1.165, 1.54) is 0 Å². The molecule has 1 unspecified atom stereocenters. The van der Waals surface area contributed by atoms with Gasteiger partial charge in [-0.25, -0.2) is 0 Å². The average molecular weight is 279 g/mol. The second-order valence-electron chi connectivity index (χ2n) is 5.54. The molecule has 2 N–H and O–H groups in total. The lowest BCUT2D eigenvalue weighted by atomic mass is 10.0. The number of aliphatic hydroxyl groups is 1. The van der Waals surface area contributed by atoms with Gasteiger partial charge in [0.25, 0.3) is 5.91 Å². The van der Waals surface area contributed by atoms with Crippen molar-refractivity contribution < 1.29 is 14.6 Å². The molecule has 0 saturated heterocycles. The summed E-state index contributed by atoms with van der Waals surface area (Å²) in [5.41, 5.74) is 2.70. The molecular weight excluding hydrogens is 254 g/mol. The van der Waals surface area contributed by atoms with Gasteiger partial charge >= 0.3 is 0 Å². The third kappa shape index (κ3) is 5.31. The summed E-state index contributed by atoms with van der Waals surface area (Å²) >= 11 is 0. The van der Waals surface area contributed by atoms with Crippen molar-refractivity contribution in [1.82, 2.24) is 5.32 Å². The zero-order chi connectivity index (χ0) is 15.1. The van der Waals surface area contributed by atoms with E-state index in [0.29, 0.717) is 18.1 Å². The summed E-state index contributed by atoms with van der Waals surface area (Å²) in [7, 11) is 0. The van der Waals surface area contributed by atoms with E-state index in [-0.39, 0.29) is 19.1 Å². The molecule has 1 aromatic carbocycles. The van der Waals surface area contributed by atoms with Gasteiger partial charge < -0.3 is 15.2 Å². The second-order valence-corrected chi connectivity index (χ2v) is 5.54. The van der Waals surface area contributed by atoms with E-state index in [4.69, 9.17) is 4.74 Å². The van der Waals surface area contributed by atoms with Crippen LogP contribution < -0.4 is 5.32 Å². The number of carbonyl (C=O) groups is 1. The Balaban J connectivity index is 2.41. The molecule has 0 aliphatic carbocycles. The molecule has 1 rings (SSSR count). The summed E-state index contributed by atoms with van der Waals surface area (Å²) in [5.74, 6) is 0.279. The van der Waals surface area contributed by atoms with Gasteiger partial charge in [0.2, 0.25) is 0 Å². The van der Waals surface area contributed by atoms with Gasteiger partial charge in [0.15, 0.2) is 0 Å². The van der Waals surface area contributed by atoms with E-state index in [9.17, 15) is 9.90 Å². The van der Waals surface area contributed by atoms with Crippen molar-refractivity contribution in [2.24, 2.45) is 5.92 Å². The van der Waals surface area contributed by atoms with E-state index in [2.05, 4.69) is 19.2 Å². The fourth-order valence-electron chi connectivity index (χ4n) is 1.80. The molecule has 112 valence electrons. The predicted octanol–water partition coefficient (Wildman–Crippen LogP) is 2.07. The molecule has 0 heterocycles. The smallest absolute Gasteiger partial charge is 0.251 e. The Morgan fingerprint density at radius 2 is 2.00 bits per heavy atom. The molecular formula is C16H25NO3. The Morgan fingerprint density at radius 1 is 1.30 bits per heavy atom. The molecule has 0 fully saturated rings. The third-order valence-electron chi connectivity index (χ3n) is 3.11. The molecule has 0 aromatic heterocycles. The number of benzene rings is 1. The van der Waals surface area contributed by atoms with Crippen molar-refractivity contribution >= 4 is 5.91 Å². The van der Waals surface area contributed by atoms with E-state index in [1.807, 2.05) is 26.0 Å². The summed E-state index contributed by atoms with van der Waals surface area (Å²) in [6, 6.07) is 5.62. The van der Waals surface area contributed by atoms with Crippen LogP contribution in [0.3, 0.4) is 0 Å². The summed E-state index contributed by atoms with van der Waals surface area (Å²) in [5, 5.41) is 12.5. The molecule has 0 bridgehead atoms. The molecule has 0 saturated carbocycles. The molecule has 0 aliphatic heterocycles. The molecule has 1 amide bonds. The maximum absolute atomic E-state index is 12.0. The van der Waals surface area contributed by atoms with Crippen LogP contribution >= 0.6 is 0 Å². The molecule has 0 spiro atoms. The van der Waals surface area contributed by atoms with Crippen molar-refractivity contribution in [3.8, 4) is 0 Å². The summed E-state index contributed by atoms with van der Waals surface area (Å²) in [4.78, 5) is 12.0. The number of hydrogen-bond acceptors (Lipinski definition) is 3. The van der Waals surface area contributed by atoms with Crippen LogP contribution in [-0.2, 0) is 4.74 Å². The fourth-order valence-corrected chi connectivity index (χ4v) is 1.80. The minimum absolute atomic E-state index is 0.158. The standard InChI is InChI=1S/C16H25NO3/c1-11(2)9-20-10-14(18)8-17-16(19)15-7-5-6-12(3)13(15)4/h5-7,11,14,18H,8-10H2,1-4H3,(H,17,19). The van der Waals surface area contributed by atoms with Crippen LogP contribution in [0, 0.1) is 19.8 Å². The van der Waals surface area contributed by atoms with Crippen molar-refractivity contribution in [3.05, 3.63) is 34.9 Å². The predicted molar refractivity (Wildman–Crippen MR) is 79.9 cm³/mol. The minimum atomic E-state index is -0.678. The third-order valence-corrected chi connectivity index (χ3v) is 3.11. The zero-order valence-electron chi connectivity index (χ0n) is 12.8. The van der Waals surface area contributed by atoms with E-state index < -0.39 is 6.10 Å². The number of hydrogen-bond donors (Lipinski definition) is 2. The van der Waals surface area contributed by atoms with E-state index in [0.717, 1.165) is 11.1 Å². The highest BCUT2D eigenvalue weighted by molar-refractivity contribution is 5.95. The highest BCUT2D eigenvalue weighted by Crippen LogP contribution is 2.12. The molecule has 20 heavy (non-hydrogen) atoms. The van der Waals surface area contributed by atoms with Gasteiger partial charge in [-0.3, -0.25) is 4.79 Å².